The number of carbonyl (C=O) groups is 2. The molecule has 5 aromatic rings. The number of hydrogen-bond acceptors (Lipinski definition) is 6. The minimum Gasteiger partial charge on any atom is -0.443 e. The van der Waals surface area contributed by atoms with E-state index < -0.39 is 18.1 Å². The zero-order valence-corrected chi connectivity index (χ0v) is 22.4. The third-order valence-corrected chi connectivity index (χ3v) is 6.44. The minimum absolute atomic E-state index is 0.0353. The second-order valence-corrected chi connectivity index (χ2v) is 9.57. The maximum atomic E-state index is 15.1. The van der Waals surface area contributed by atoms with Gasteiger partial charge in [0.05, 0.1) is 5.56 Å². The number of anilines is 1. The van der Waals surface area contributed by atoms with Gasteiger partial charge in [0.15, 0.2) is 6.23 Å². The molecule has 0 radical (unpaired) electrons. The molecule has 206 valence electrons. The first-order chi connectivity index (χ1) is 19.9. The summed E-state index contributed by atoms with van der Waals surface area (Å²) >= 11 is 0. The van der Waals surface area contributed by atoms with E-state index >= 15 is 4.39 Å². The highest BCUT2D eigenvalue weighted by Crippen LogP contribution is 2.26. The lowest BCUT2D eigenvalue weighted by Crippen LogP contribution is -2.41. The molecule has 0 aliphatic rings. The smallest absolute Gasteiger partial charge is 0.322 e. The number of amides is 2. The summed E-state index contributed by atoms with van der Waals surface area (Å²) in [5.74, 6) is -0.195. The Morgan fingerprint density at radius 1 is 0.927 bits per heavy atom. The van der Waals surface area contributed by atoms with Gasteiger partial charge in [-0.3, -0.25) is 4.79 Å². The average Bonchev–Trinajstić information content (AvgIpc) is 3.44. The Morgan fingerprint density at radius 2 is 1.63 bits per heavy atom. The normalized spacial score (nSPS) is 11.5. The highest BCUT2D eigenvalue weighted by atomic mass is 19.1. The van der Waals surface area contributed by atoms with Gasteiger partial charge < -0.3 is 19.9 Å². The van der Waals surface area contributed by atoms with E-state index in [0.29, 0.717) is 11.3 Å². The summed E-state index contributed by atoms with van der Waals surface area (Å²) in [5, 5.41) is 9.27. The summed E-state index contributed by atoms with van der Waals surface area (Å²) in [7, 11) is 0. The maximum absolute atomic E-state index is 15.1. The Bertz CT molecular complexity index is 1670. The predicted octanol–water partition coefficient (Wildman–Crippen LogP) is 6.69. The number of rotatable bonds is 9. The number of benzene rings is 4. The van der Waals surface area contributed by atoms with E-state index in [9.17, 15) is 9.59 Å². The molecule has 0 saturated heterocycles. The molecule has 0 bridgehead atoms. The molecular formula is C32H27FN4O4. The van der Waals surface area contributed by atoms with Crippen molar-refractivity contribution in [3.8, 4) is 34.0 Å². The third-order valence-electron chi connectivity index (χ3n) is 6.44. The summed E-state index contributed by atoms with van der Waals surface area (Å²) in [6, 6.07) is 26.8. The highest BCUT2D eigenvalue weighted by molar-refractivity contribution is 5.90. The average molecular weight is 551 g/mol. The molecular weight excluding hydrogens is 523 g/mol. The van der Waals surface area contributed by atoms with Crippen molar-refractivity contribution in [2.75, 3.05) is 5.32 Å². The van der Waals surface area contributed by atoms with E-state index in [-0.39, 0.29) is 30.2 Å². The molecule has 0 spiro atoms. The molecule has 8 nitrogen and oxygen atoms in total. The number of nitrogens with one attached hydrogen (secondary N) is 2. The zero-order chi connectivity index (χ0) is 28.8. The number of aryl methyl sites for hydroxylation is 2. The third kappa shape index (κ3) is 6.83. The molecule has 0 aliphatic heterocycles. The summed E-state index contributed by atoms with van der Waals surface area (Å²) < 4.78 is 25.4. The molecule has 41 heavy (non-hydrogen) atoms. The van der Waals surface area contributed by atoms with Crippen molar-refractivity contribution in [2.24, 2.45) is 0 Å². The molecule has 5 rings (SSSR count). The Kier molecular flexibility index (Phi) is 8.15. The first-order valence-electron chi connectivity index (χ1n) is 12.9. The standard InChI is InChI=1S/C32H27FN4O4/c1-20-6-11-23(12-7-20)25-4-3-5-26(18-25)34-32(39)35-29(40-19-38)17-22-10-15-27(28(33)16-22)30-36-31(41-37-30)24-13-8-21(2)9-14-24/h3-16,18-19,29H,17H2,1-2H3,(H2,34,35,39). The lowest BCUT2D eigenvalue weighted by molar-refractivity contribution is -0.134. The Hall–Kier alpha value is -5.31. The van der Waals surface area contributed by atoms with Crippen LogP contribution < -0.4 is 10.6 Å². The van der Waals surface area contributed by atoms with Gasteiger partial charge >= 0.3 is 6.03 Å². The lowest BCUT2D eigenvalue weighted by Gasteiger charge is -2.18. The molecule has 1 heterocycles. The van der Waals surface area contributed by atoms with Crippen LogP contribution in [0.4, 0.5) is 14.9 Å². The second kappa shape index (κ2) is 12.3. The van der Waals surface area contributed by atoms with Crippen molar-refractivity contribution in [2.45, 2.75) is 26.5 Å². The van der Waals surface area contributed by atoms with Gasteiger partial charge in [0.1, 0.15) is 5.82 Å². The maximum Gasteiger partial charge on any atom is 0.322 e. The van der Waals surface area contributed by atoms with Crippen LogP contribution in [0.1, 0.15) is 16.7 Å². The number of urea groups is 1. The highest BCUT2D eigenvalue weighted by Gasteiger charge is 2.18. The van der Waals surface area contributed by atoms with E-state index in [2.05, 4.69) is 20.8 Å². The fraction of sp³-hybridized carbons (Fsp3) is 0.125. The molecule has 4 aromatic carbocycles. The minimum atomic E-state index is -1.03. The molecule has 2 N–H and O–H groups in total. The molecule has 0 aliphatic carbocycles. The van der Waals surface area contributed by atoms with E-state index in [1.54, 1.807) is 12.1 Å². The number of nitrogens with zero attached hydrogens (tertiary/aromatic N) is 2. The van der Waals surface area contributed by atoms with Crippen molar-refractivity contribution in [3.05, 3.63) is 114 Å². The Morgan fingerprint density at radius 3 is 2.32 bits per heavy atom. The van der Waals surface area contributed by atoms with Gasteiger partial charge in [0, 0.05) is 17.7 Å². The van der Waals surface area contributed by atoms with Crippen molar-refractivity contribution in [1.82, 2.24) is 15.5 Å². The van der Waals surface area contributed by atoms with Crippen LogP contribution in [0.2, 0.25) is 0 Å². The van der Waals surface area contributed by atoms with Gasteiger partial charge in [-0.25, -0.2) is 9.18 Å². The van der Waals surface area contributed by atoms with Gasteiger partial charge in [0.25, 0.3) is 12.4 Å². The number of aromatic nitrogens is 2. The van der Waals surface area contributed by atoms with Crippen LogP contribution in [0.25, 0.3) is 34.0 Å². The van der Waals surface area contributed by atoms with Gasteiger partial charge in [-0.05, 0) is 66.9 Å². The largest absolute Gasteiger partial charge is 0.443 e. The van der Waals surface area contributed by atoms with E-state index in [0.717, 1.165) is 27.8 Å². The molecule has 9 heteroatoms. The fourth-order valence-electron chi connectivity index (χ4n) is 4.26. The molecule has 2 amide bonds. The Balaban J connectivity index is 1.24. The Labute approximate surface area is 236 Å². The zero-order valence-electron chi connectivity index (χ0n) is 22.4. The van der Waals surface area contributed by atoms with Crippen LogP contribution in [-0.4, -0.2) is 28.9 Å². The van der Waals surface area contributed by atoms with E-state index in [1.807, 2.05) is 80.6 Å². The topological polar surface area (TPSA) is 106 Å². The van der Waals surface area contributed by atoms with Gasteiger partial charge in [0.2, 0.25) is 5.82 Å². The number of ether oxygens (including phenoxy) is 1. The van der Waals surface area contributed by atoms with E-state index in [4.69, 9.17) is 9.26 Å². The van der Waals surface area contributed by atoms with Crippen molar-refractivity contribution >= 4 is 18.2 Å². The van der Waals surface area contributed by atoms with E-state index in [1.165, 1.54) is 12.1 Å². The van der Waals surface area contributed by atoms with Crippen LogP contribution in [0.3, 0.4) is 0 Å². The van der Waals surface area contributed by atoms with Crippen molar-refractivity contribution in [3.63, 3.8) is 0 Å². The molecule has 1 unspecified atom stereocenters. The second-order valence-electron chi connectivity index (χ2n) is 9.57. The van der Waals surface area contributed by atoms with Crippen LogP contribution >= 0.6 is 0 Å². The fourth-order valence-corrected chi connectivity index (χ4v) is 4.26. The van der Waals surface area contributed by atoms with Crippen molar-refractivity contribution < 1.29 is 23.2 Å². The van der Waals surface area contributed by atoms with Gasteiger partial charge in [-0.1, -0.05) is 70.9 Å². The summed E-state index contributed by atoms with van der Waals surface area (Å²) in [5.41, 5.74) is 6.12. The predicted molar refractivity (Wildman–Crippen MR) is 153 cm³/mol. The van der Waals surface area contributed by atoms with Gasteiger partial charge in [-0.2, -0.15) is 4.98 Å². The van der Waals surface area contributed by atoms with Crippen LogP contribution in [0, 0.1) is 19.7 Å². The van der Waals surface area contributed by atoms with Crippen LogP contribution in [0.15, 0.2) is 95.5 Å². The van der Waals surface area contributed by atoms with Crippen molar-refractivity contribution in [1.29, 1.82) is 0 Å². The van der Waals surface area contributed by atoms with Crippen LogP contribution in [-0.2, 0) is 16.0 Å². The molecule has 0 saturated carbocycles. The summed E-state index contributed by atoms with van der Waals surface area (Å²) in [6.45, 7) is 4.22. The van der Waals surface area contributed by atoms with Gasteiger partial charge in [-0.15, -0.1) is 0 Å². The number of carbonyl (C=O) groups excluding carboxylic acids is 2. The molecule has 0 fully saturated rings. The van der Waals surface area contributed by atoms with Crippen LogP contribution in [0.5, 0.6) is 0 Å². The monoisotopic (exact) mass is 550 g/mol. The first-order valence-corrected chi connectivity index (χ1v) is 12.9. The summed E-state index contributed by atoms with van der Waals surface area (Å²) in [6.07, 6.45) is -0.996. The molecule has 1 atom stereocenters. The number of halogens is 1. The quantitative estimate of drug-likeness (QED) is 0.156. The SMILES string of the molecule is Cc1ccc(-c2cccc(NC(=O)NC(Cc3ccc(-c4noc(-c5ccc(C)cc5)n4)c(F)c3)OC=O)c2)cc1. The summed E-state index contributed by atoms with van der Waals surface area (Å²) in [4.78, 5) is 28.1. The first kappa shape index (κ1) is 27.3. The molecule has 1 aromatic heterocycles. The lowest BCUT2D eigenvalue weighted by atomic mass is 10.0. The number of hydrogen-bond donors (Lipinski definition) is 2.